The molecule has 0 spiro atoms. The first-order chi connectivity index (χ1) is 7.35. The molecule has 0 unspecified atom stereocenters. The third-order valence-electron chi connectivity index (χ3n) is 2.19. The number of rotatable bonds is 2. The van der Waals surface area contributed by atoms with Gasteiger partial charge in [0.15, 0.2) is 0 Å². The fraction of sp³-hybridized carbons (Fsp3) is 0.0833. The van der Waals surface area contributed by atoms with Gasteiger partial charge in [0, 0.05) is 18.0 Å². The lowest BCUT2D eigenvalue weighted by atomic mass is 10.3. The lowest BCUT2D eigenvalue weighted by Gasteiger charge is -2.06. The first kappa shape index (κ1) is 9.35. The molecule has 2 rings (SSSR count). The summed E-state index contributed by atoms with van der Waals surface area (Å²) < 4.78 is 6.95. The summed E-state index contributed by atoms with van der Waals surface area (Å²) in [6.07, 6.45) is 1.85. The van der Waals surface area contributed by atoms with Crippen molar-refractivity contribution < 1.29 is 4.74 Å². The summed E-state index contributed by atoms with van der Waals surface area (Å²) in [5.41, 5.74) is 1.54. The van der Waals surface area contributed by atoms with Crippen LogP contribution < -0.4 is 4.74 Å². The van der Waals surface area contributed by atoms with Crippen molar-refractivity contribution in [3.05, 3.63) is 48.3 Å². The molecular formula is C12H10N2O. The molecule has 0 atom stereocenters. The minimum atomic E-state index is 0.614. The largest absolute Gasteiger partial charge is 0.497 e. The van der Waals surface area contributed by atoms with E-state index in [1.807, 2.05) is 41.1 Å². The van der Waals surface area contributed by atoms with E-state index >= 15 is 0 Å². The molecule has 74 valence electrons. The van der Waals surface area contributed by atoms with Crippen molar-refractivity contribution in [3.8, 4) is 17.5 Å². The van der Waals surface area contributed by atoms with Crippen LogP contribution in [-0.2, 0) is 0 Å². The molecule has 0 amide bonds. The van der Waals surface area contributed by atoms with Crippen molar-refractivity contribution in [1.29, 1.82) is 5.26 Å². The van der Waals surface area contributed by atoms with Crippen molar-refractivity contribution in [1.82, 2.24) is 4.57 Å². The van der Waals surface area contributed by atoms with Gasteiger partial charge in [0.1, 0.15) is 17.5 Å². The van der Waals surface area contributed by atoms with Gasteiger partial charge < -0.3 is 9.30 Å². The van der Waals surface area contributed by atoms with Crippen LogP contribution in [0, 0.1) is 11.3 Å². The number of hydrogen-bond acceptors (Lipinski definition) is 2. The number of ether oxygens (including phenoxy) is 1. The fourth-order valence-corrected chi connectivity index (χ4v) is 1.46. The Morgan fingerprint density at radius 1 is 1.27 bits per heavy atom. The third-order valence-corrected chi connectivity index (χ3v) is 2.19. The molecule has 0 N–H and O–H groups in total. The molecule has 3 heteroatoms. The monoisotopic (exact) mass is 198 g/mol. The predicted octanol–water partition coefficient (Wildman–Crippen LogP) is 2.36. The first-order valence-electron chi connectivity index (χ1n) is 4.57. The van der Waals surface area contributed by atoms with Crippen LogP contribution in [0.15, 0.2) is 42.6 Å². The van der Waals surface area contributed by atoms with Crippen LogP contribution >= 0.6 is 0 Å². The van der Waals surface area contributed by atoms with Gasteiger partial charge in [0.25, 0.3) is 0 Å². The average molecular weight is 198 g/mol. The highest BCUT2D eigenvalue weighted by atomic mass is 16.5. The Morgan fingerprint density at radius 2 is 2.13 bits per heavy atom. The van der Waals surface area contributed by atoms with Crippen LogP contribution in [0.4, 0.5) is 0 Å². The van der Waals surface area contributed by atoms with Gasteiger partial charge in [-0.05, 0) is 24.3 Å². The van der Waals surface area contributed by atoms with E-state index in [1.165, 1.54) is 0 Å². The van der Waals surface area contributed by atoms with E-state index in [1.54, 1.807) is 13.2 Å². The van der Waals surface area contributed by atoms with Crippen LogP contribution in [0.2, 0.25) is 0 Å². The van der Waals surface area contributed by atoms with Crippen LogP contribution in [0.3, 0.4) is 0 Å². The van der Waals surface area contributed by atoms with Gasteiger partial charge in [0.2, 0.25) is 0 Å². The van der Waals surface area contributed by atoms with E-state index in [0.29, 0.717) is 5.69 Å². The zero-order valence-electron chi connectivity index (χ0n) is 8.34. The molecule has 0 saturated heterocycles. The summed E-state index contributed by atoms with van der Waals surface area (Å²) in [7, 11) is 1.62. The minimum Gasteiger partial charge on any atom is -0.497 e. The molecule has 0 aliphatic carbocycles. The van der Waals surface area contributed by atoms with Gasteiger partial charge in [-0.3, -0.25) is 0 Å². The normalized spacial score (nSPS) is 9.60. The van der Waals surface area contributed by atoms with E-state index in [0.717, 1.165) is 11.4 Å². The molecule has 1 heterocycles. The Hall–Kier alpha value is -2.21. The van der Waals surface area contributed by atoms with Crippen molar-refractivity contribution in [2.24, 2.45) is 0 Å². The zero-order chi connectivity index (χ0) is 10.7. The van der Waals surface area contributed by atoms with E-state index in [2.05, 4.69) is 6.07 Å². The zero-order valence-corrected chi connectivity index (χ0v) is 8.34. The van der Waals surface area contributed by atoms with Gasteiger partial charge in [-0.1, -0.05) is 6.07 Å². The second-order valence-corrected chi connectivity index (χ2v) is 3.08. The molecule has 0 aliphatic rings. The molecule has 0 aliphatic heterocycles. The number of methoxy groups -OCH3 is 1. The standard InChI is InChI=1S/C12H10N2O/c1-15-12-6-2-4-10(8-12)14-7-3-5-11(14)9-13/h2-8H,1H3. The quantitative estimate of drug-likeness (QED) is 0.742. The van der Waals surface area contributed by atoms with Crippen molar-refractivity contribution in [2.75, 3.05) is 7.11 Å². The average Bonchev–Trinajstić information content (AvgIpc) is 2.77. The molecule has 15 heavy (non-hydrogen) atoms. The first-order valence-corrected chi connectivity index (χ1v) is 4.57. The predicted molar refractivity (Wildman–Crippen MR) is 57.0 cm³/mol. The highest BCUT2D eigenvalue weighted by Crippen LogP contribution is 2.18. The van der Waals surface area contributed by atoms with Crippen molar-refractivity contribution in [2.45, 2.75) is 0 Å². The second kappa shape index (κ2) is 3.89. The summed E-state index contributed by atoms with van der Waals surface area (Å²) in [4.78, 5) is 0. The summed E-state index contributed by atoms with van der Waals surface area (Å²) in [5.74, 6) is 0.782. The minimum absolute atomic E-state index is 0.614. The number of nitriles is 1. The van der Waals surface area contributed by atoms with Gasteiger partial charge in [-0.15, -0.1) is 0 Å². The Labute approximate surface area is 88.1 Å². The van der Waals surface area contributed by atoms with E-state index < -0.39 is 0 Å². The van der Waals surface area contributed by atoms with Crippen LogP contribution in [0.5, 0.6) is 5.75 Å². The van der Waals surface area contributed by atoms with Crippen molar-refractivity contribution >= 4 is 0 Å². The molecule has 0 fully saturated rings. The smallest absolute Gasteiger partial charge is 0.124 e. The molecule has 0 radical (unpaired) electrons. The summed E-state index contributed by atoms with van der Waals surface area (Å²) in [5, 5.41) is 8.89. The Kier molecular flexibility index (Phi) is 2.42. The number of hydrogen-bond donors (Lipinski definition) is 0. The number of benzene rings is 1. The molecule has 0 bridgehead atoms. The van der Waals surface area contributed by atoms with Crippen LogP contribution in [0.1, 0.15) is 5.69 Å². The second-order valence-electron chi connectivity index (χ2n) is 3.08. The molecular weight excluding hydrogens is 188 g/mol. The SMILES string of the molecule is COc1cccc(-n2cccc2C#N)c1. The number of aromatic nitrogens is 1. The lowest BCUT2D eigenvalue weighted by Crippen LogP contribution is -1.95. The summed E-state index contributed by atoms with van der Waals surface area (Å²) in [6.45, 7) is 0. The third kappa shape index (κ3) is 1.70. The molecule has 1 aromatic heterocycles. The topological polar surface area (TPSA) is 38.0 Å². The highest BCUT2D eigenvalue weighted by Gasteiger charge is 2.02. The van der Waals surface area contributed by atoms with Crippen LogP contribution in [0.25, 0.3) is 5.69 Å². The molecule has 0 saturated carbocycles. The fourth-order valence-electron chi connectivity index (χ4n) is 1.46. The maximum atomic E-state index is 8.89. The Bertz CT molecular complexity index is 508. The molecule has 2 aromatic rings. The Morgan fingerprint density at radius 3 is 2.87 bits per heavy atom. The lowest BCUT2D eigenvalue weighted by molar-refractivity contribution is 0.414. The van der Waals surface area contributed by atoms with Gasteiger partial charge in [-0.2, -0.15) is 5.26 Å². The summed E-state index contributed by atoms with van der Waals surface area (Å²) in [6, 6.07) is 13.4. The van der Waals surface area contributed by atoms with Crippen molar-refractivity contribution in [3.63, 3.8) is 0 Å². The van der Waals surface area contributed by atoms with E-state index in [4.69, 9.17) is 10.00 Å². The van der Waals surface area contributed by atoms with E-state index in [-0.39, 0.29) is 0 Å². The van der Waals surface area contributed by atoms with Crippen LogP contribution in [-0.4, -0.2) is 11.7 Å². The highest BCUT2D eigenvalue weighted by molar-refractivity contribution is 5.43. The summed E-state index contributed by atoms with van der Waals surface area (Å²) >= 11 is 0. The van der Waals surface area contributed by atoms with Gasteiger partial charge >= 0.3 is 0 Å². The maximum Gasteiger partial charge on any atom is 0.124 e. The van der Waals surface area contributed by atoms with E-state index in [9.17, 15) is 0 Å². The van der Waals surface area contributed by atoms with Gasteiger partial charge in [0.05, 0.1) is 7.11 Å². The van der Waals surface area contributed by atoms with Gasteiger partial charge in [-0.25, -0.2) is 0 Å². The molecule has 3 nitrogen and oxygen atoms in total. The number of nitrogens with zero attached hydrogens (tertiary/aromatic N) is 2. The Balaban J connectivity index is 2.50. The maximum absolute atomic E-state index is 8.89. The molecule has 1 aromatic carbocycles.